The first-order valence-corrected chi connectivity index (χ1v) is 11.0. The standard InChI is InChI=1S/C20H24BrN3O2S/c1-22(2)13-14-23(3)15-19-20(21)17-11-7-8-12-18(17)24(19)27(25,26)16-9-5-4-6-10-16/h4-12H,13-15H2,1-3H3. The molecule has 5 nitrogen and oxygen atoms in total. The van der Waals surface area contributed by atoms with Gasteiger partial charge in [0.1, 0.15) is 0 Å². The van der Waals surface area contributed by atoms with Crippen LogP contribution in [0.25, 0.3) is 10.9 Å². The molecule has 0 aliphatic heterocycles. The third-order valence-corrected chi connectivity index (χ3v) is 7.14. The molecule has 0 saturated carbocycles. The summed E-state index contributed by atoms with van der Waals surface area (Å²) in [4.78, 5) is 4.54. The summed E-state index contributed by atoms with van der Waals surface area (Å²) >= 11 is 3.65. The largest absolute Gasteiger partial charge is 0.308 e. The van der Waals surface area contributed by atoms with Gasteiger partial charge in [-0.15, -0.1) is 0 Å². The minimum atomic E-state index is -3.70. The van der Waals surface area contributed by atoms with Crippen molar-refractivity contribution in [2.45, 2.75) is 11.4 Å². The number of likely N-dealkylation sites (N-methyl/N-ethyl adjacent to an activating group) is 2. The van der Waals surface area contributed by atoms with E-state index in [0.29, 0.717) is 12.1 Å². The molecule has 27 heavy (non-hydrogen) atoms. The topological polar surface area (TPSA) is 45.5 Å². The van der Waals surface area contributed by atoms with Gasteiger partial charge in [-0.05, 0) is 55.3 Å². The first-order valence-electron chi connectivity index (χ1n) is 8.74. The number of nitrogens with zero attached hydrogens (tertiary/aromatic N) is 3. The second-order valence-corrected chi connectivity index (χ2v) is 9.48. The minimum absolute atomic E-state index is 0.287. The molecule has 0 spiro atoms. The smallest absolute Gasteiger partial charge is 0.268 e. The third kappa shape index (κ3) is 4.11. The summed E-state index contributed by atoms with van der Waals surface area (Å²) in [5.74, 6) is 0. The van der Waals surface area contributed by atoms with E-state index in [9.17, 15) is 8.42 Å². The first-order chi connectivity index (χ1) is 12.8. The normalized spacial score (nSPS) is 12.4. The summed E-state index contributed by atoms with van der Waals surface area (Å²) in [5.41, 5.74) is 1.42. The van der Waals surface area contributed by atoms with Crippen LogP contribution in [-0.2, 0) is 16.6 Å². The van der Waals surface area contributed by atoms with E-state index in [1.54, 1.807) is 24.3 Å². The van der Waals surface area contributed by atoms with E-state index >= 15 is 0 Å². The molecule has 0 amide bonds. The van der Waals surface area contributed by atoms with Crippen molar-refractivity contribution in [3.05, 3.63) is 64.8 Å². The molecular weight excluding hydrogens is 426 g/mol. The van der Waals surface area contributed by atoms with Crippen LogP contribution in [0.2, 0.25) is 0 Å². The maximum atomic E-state index is 13.4. The molecule has 0 aliphatic carbocycles. The van der Waals surface area contributed by atoms with Crippen LogP contribution in [0.1, 0.15) is 5.69 Å². The molecule has 3 aromatic rings. The van der Waals surface area contributed by atoms with Crippen molar-refractivity contribution < 1.29 is 8.42 Å². The zero-order valence-electron chi connectivity index (χ0n) is 15.8. The first kappa shape index (κ1) is 20.1. The van der Waals surface area contributed by atoms with Crippen LogP contribution in [0.4, 0.5) is 0 Å². The Balaban J connectivity index is 2.13. The van der Waals surface area contributed by atoms with Crippen LogP contribution < -0.4 is 0 Å². The molecule has 1 aromatic heterocycles. The number of para-hydroxylation sites is 1. The zero-order chi connectivity index (χ0) is 19.6. The van der Waals surface area contributed by atoms with Crippen molar-refractivity contribution in [2.24, 2.45) is 0 Å². The molecule has 0 saturated heterocycles. The lowest BCUT2D eigenvalue weighted by atomic mass is 10.2. The van der Waals surface area contributed by atoms with E-state index in [1.807, 2.05) is 51.5 Å². The molecule has 0 fully saturated rings. The van der Waals surface area contributed by atoms with E-state index in [4.69, 9.17) is 0 Å². The lowest BCUT2D eigenvalue weighted by Gasteiger charge is -2.21. The molecule has 144 valence electrons. The van der Waals surface area contributed by atoms with Crippen molar-refractivity contribution in [2.75, 3.05) is 34.2 Å². The predicted molar refractivity (Wildman–Crippen MR) is 114 cm³/mol. The summed E-state index contributed by atoms with van der Waals surface area (Å²) in [5, 5.41) is 0.896. The van der Waals surface area contributed by atoms with Gasteiger partial charge < -0.3 is 4.90 Å². The van der Waals surface area contributed by atoms with Gasteiger partial charge in [0.25, 0.3) is 10.0 Å². The second kappa shape index (κ2) is 8.14. The molecule has 0 bridgehead atoms. The highest BCUT2D eigenvalue weighted by Crippen LogP contribution is 2.34. The van der Waals surface area contributed by atoms with Gasteiger partial charge in [0.05, 0.1) is 16.1 Å². The highest BCUT2D eigenvalue weighted by molar-refractivity contribution is 9.10. The van der Waals surface area contributed by atoms with E-state index in [-0.39, 0.29) is 4.90 Å². The molecule has 3 rings (SSSR count). The number of fused-ring (bicyclic) bond motifs is 1. The Bertz CT molecular complexity index is 1030. The summed E-state index contributed by atoms with van der Waals surface area (Å²) < 4.78 is 29.2. The molecule has 0 aliphatic rings. The fourth-order valence-electron chi connectivity index (χ4n) is 3.04. The van der Waals surface area contributed by atoms with Crippen LogP contribution in [0, 0.1) is 0 Å². The fourth-order valence-corrected chi connectivity index (χ4v) is 5.36. The molecule has 0 atom stereocenters. The van der Waals surface area contributed by atoms with E-state index in [1.165, 1.54) is 3.97 Å². The maximum absolute atomic E-state index is 13.4. The van der Waals surface area contributed by atoms with E-state index in [2.05, 4.69) is 25.7 Å². The van der Waals surface area contributed by atoms with Crippen molar-refractivity contribution in [1.29, 1.82) is 0 Å². The van der Waals surface area contributed by atoms with Gasteiger partial charge in [-0.1, -0.05) is 36.4 Å². The highest BCUT2D eigenvalue weighted by Gasteiger charge is 2.26. The molecular formula is C20H24BrN3O2S. The highest BCUT2D eigenvalue weighted by atomic mass is 79.9. The molecule has 7 heteroatoms. The van der Waals surface area contributed by atoms with Gasteiger partial charge in [-0.25, -0.2) is 12.4 Å². The molecule has 2 aromatic carbocycles. The number of hydrogen-bond donors (Lipinski definition) is 0. The SMILES string of the molecule is CN(C)CCN(C)Cc1c(Br)c2ccccc2n1S(=O)(=O)c1ccccc1. The average Bonchev–Trinajstić information content (AvgIpc) is 2.93. The Kier molecular flexibility index (Phi) is 6.05. The Labute approximate surface area is 169 Å². The number of rotatable bonds is 7. The van der Waals surface area contributed by atoms with Crippen LogP contribution in [0.5, 0.6) is 0 Å². The zero-order valence-corrected chi connectivity index (χ0v) is 18.2. The molecule has 0 radical (unpaired) electrons. The third-order valence-electron chi connectivity index (χ3n) is 4.49. The second-order valence-electron chi connectivity index (χ2n) is 6.90. The van der Waals surface area contributed by atoms with Crippen molar-refractivity contribution in [3.8, 4) is 0 Å². The Morgan fingerprint density at radius 2 is 1.56 bits per heavy atom. The van der Waals surface area contributed by atoms with E-state index in [0.717, 1.165) is 28.6 Å². The Morgan fingerprint density at radius 1 is 0.926 bits per heavy atom. The van der Waals surface area contributed by atoms with Crippen LogP contribution in [0.15, 0.2) is 64.0 Å². The summed E-state index contributed by atoms with van der Waals surface area (Å²) in [7, 11) is 2.36. The minimum Gasteiger partial charge on any atom is -0.308 e. The summed E-state index contributed by atoms with van der Waals surface area (Å²) in [6.07, 6.45) is 0. The monoisotopic (exact) mass is 449 g/mol. The quantitative estimate of drug-likeness (QED) is 0.552. The number of benzene rings is 2. The average molecular weight is 450 g/mol. The molecule has 1 heterocycles. The van der Waals surface area contributed by atoms with Gasteiger partial charge in [-0.2, -0.15) is 0 Å². The van der Waals surface area contributed by atoms with Crippen LogP contribution >= 0.6 is 15.9 Å². The van der Waals surface area contributed by atoms with Crippen molar-refractivity contribution in [3.63, 3.8) is 0 Å². The summed E-state index contributed by atoms with van der Waals surface area (Å²) in [6.45, 7) is 2.27. The number of halogens is 1. The van der Waals surface area contributed by atoms with Crippen molar-refractivity contribution >= 4 is 36.9 Å². The van der Waals surface area contributed by atoms with Crippen LogP contribution in [-0.4, -0.2) is 56.4 Å². The van der Waals surface area contributed by atoms with Gasteiger partial charge >= 0.3 is 0 Å². The van der Waals surface area contributed by atoms with Gasteiger partial charge in [0.15, 0.2) is 0 Å². The predicted octanol–water partition coefficient (Wildman–Crippen LogP) is 3.63. The number of aromatic nitrogens is 1. The summed E-state index contributed by atoms with van der Waals surface area (Å²) in [6, 6.07) is 16.2. The van der Waals surface area contributed by atoms with E-state index < -0.39 is 10.0 Å². The Hall–Kier alpha value is -1.67. The van der Waals surface area contributed by atoms with Gasteiger partial charge in [-0.3, -0.25) is 4.90 Å². The lowest BCUT2D eigenvalue weighted by molar-refractivity contribution is 0.273. The van der Waals surface area contributed by atoms with Crippen LogP contribution in [0.3, 0.4) is 0 Å². The van der Waals surface area contributed by atoms with Gasteiger partial charge in [0, 0.05) is 29.5 Å². The lowest BCUT2D eigenvalue weighted by Crippen LogP contribution is -2.29. The Morgan fingerprint density at radius 3 is 2.22 bits per heavy atom. The maximum Gasteiger partial charge on any atom is 0.268 e. The fraction of sp³-hybridized carbons (Fsp3) is 0.300. The van der Waals surface area contributed by atoms with Gasteiger partial charge in [0.2, 0.25) is 0 Å². The number of hydrogen-bond acceptors (Lipinski definition) is 4. The van der Waals surface area contributed by atoms with Crippen molar-refractivity contribution in [1.82, 2.24) is 13.8 Å². The molecule has 0 unspecified atom stereocenters. The molecule has 0 N–H and O–H groups in total.